The van der Waals surface area contributed by atoms with E-state index in [-0.39, 0.29) is 5.41 Å². The predicted octanol–water partition coefficient (Wildman–Crippen LogP) is 3.04. The van der Waals surface area contributed by atoms with Crippen LogP contribution in [0.5, 0.6) is 0 Å². The number of hydrogen-bond acceptors (Lipinski definition) is 1. The van der Waals surface area contributed by atoms with Gasteiger partial charge in [-0.15, -0.1) is 0 Å². The predicted molar refractivity (Wildman–Crippen MR) is 55.8 cm³/mol. The number of carbonyl (C=O) groups is 1. The highest BCUT2D eigenvalue weighted by atomic mass is 16.1. The zero-order chi connectivity index (χ0) is 9.92. The summed E-state index contributed by atoms with van der Waals surface area (Å²) in [6.07, 6.45) is 6.71. The lowest BCUT2D eigenvalue weighted by atomic mass is 9.44. The number of Topliss-reactive ketones (excluding diaryl/α,β-unsaturated/α-hetero) is 1. The van der Waals surface area contributed by atoms with Crippen LogP contribution in [0.1, 0.15) is 46.0 Å². The van der Waals surface area contributed by atoms with Crippen molar-refractivity contribution in [2.75, 3.05) is 0 Å². The van der Waals surface area contributed by atoms with Gasteiger partial charge in [-0.1, -0.05) is 6.92 Å². The average Bonchev–Trinajstić information content (AvgIpc) is 2.12. The van der Waals surface area contributed by atoms with Gasteiger partial charge in [0.25, 0.3) is 0 Å². The molecular formula is C13H20O. The second-order valence-corrected chi connectivity index (χ2v) is 6.11. The van der Waals surface area contributed by atoms with Gasteiger partial charge in [0.2, 0.25) is 0 Å². The van der Waals surface area contributed by atoms with E-state index in [1.165, 1.54) is 32.1 Å². The summed E-state index contributed by atoms with van der Waals surface area (Å²) in [6.45, 7) is 4.17. The van der Waals surface area contributed by atoms with Crippen LogP contribution in [-0.4, -0.2) is 5.78 Å². The molecule has 0 radical (unpaired) electrons. The van der Waals surface area contributed by atoms with Crippen LogP contribution in [-0.2, 0) is 4.79 Å². The second kappa shape index (κ2) is 2.62. The van der Waals surface area contributed by atoms with Gasteiger partial charge in [0.1, 0.15) is 5.78 Å². The van der Waals surface area contributed by atoms with Crippen molar-refractivity contribution < 1.29 is 4.79 Å². The fourth-order valence-electron chi connectivity index (χ4n) is 4.90. The van der Waals surface area contributed by atoms with E-state index >= 15 is 0 Å². The van der Waals surface area contributed by atoms with E-state index < -0.39 is 0 Å². The summed E-state index contributed by atoms with van der Waals surface area (Å²) in [5, 5.41) is 0. The zero-order valence-electron chi connectivity index (χ0n) is 9.25. The summed E-state index contributed by atoms with van der Waals surface area (Å²) in [4.78, 5) is 11.9. The van der Waals surface area contributed by atoms with Gasteiger partial charge in [0.05, 0.1) is 0 Å². The third kappa shape index (κ3) is 0.936. The van der Waals surface area contributed by atoms with E-state index in [0.29, 0.717) is 11.7 Å². The molecule has 1 nitrogen and oxygen atoms in total. The summed E-state index contributed by atoms with van der Waals surface area (Å²) >= 11 is 0. The van der Waals surface area contributed by atoms with Crippen molar-refractivity contribution in [1.82, 2.24) is 0 Å². The topological polar surface area (TPSA) is 17.1 Å². The van der Waals surface area contributed by atoms with Crippen molar-refractivity contribution in [2.45, 2.75) is 46.0 Å². The smallest absolute Gasteiger partial charge is 0.136 e. The van der Waals surface area contributed by atoms with E-state index in [1.54, 1.807) is 0 Å². The van der Waals surface area contributed by atoms with E-state index in [0.717, 1.165) is 17.8 Å². The molecule has 1 heteroatoms. The summed E-state index contributed by atoms with van der Waals surface area (Å²) in [7, 11) is 0. The molecule has 0 aliphatic heterocycles. The van der Waals surface area contributed by atoms with E-state index in [4.69, 9.17) is 0 Å². The van der Waals surface area contributed by atoms with Crippen molar-refractivity contribution in [1.29, 1.82) is 0 Å². The van der Waals surface area contributed by atoms with Crippen molar-refractivity contribution in [3.05, 3.63) is 0 Å². The summed E-state index contributed by atoms with van der Waals surface area (Å²) in [5.41, 5.74) is 0.120. The van der Waals surface area contributed by atoms with Gasteiger partial charge >= 0.3 is 0 Å². The monoisotopic (exact) mass is 192 g/mol. The average molecular weight is 192 g/mol. The van der Waals surface area contributed by atoms with Gasteiger partial charge in [0, 0.05) is 5.41 Å². The molecule has 0 aromatic carbocycles. The lowest BCUT2D eigenvalue weighted by Crippen LogP contribution is -2.54. The molecule has 0 N–H and O–H groups in total. The third-order valence-corrected chi connectivity index (χ3v) is 5.52. The molecule has 0 saturated heterocycles. The molecule has 4 aliphatic carbocycles. The first-order chi connectivity index (χ1) is 6.62. The Morgan fingerprint density at radius 2 is 1.71 bits per heavy atom. The molecule has 0 heterocycles. The van der Waals surface area contributed by atoms with E-state index in [1.807, 2.05) is 6.92 Å². The zero-order valence-corrected chi connectivity index (χ0v) is 9.25. The van der Waals surface area contributed by atoms with Gasteiger partial charge in [-0.25, -0.2) is 0 Å². The Kier molecular flexibility index (Phi) is 1.67. The lowest BCUT2D eigenvalue weighted by Gasteiger charge is -2.59. The molecule has 14 heavy (non-hydrogen) atoms. The van der Waals surface area contributed by atoms with Gasteiger partial charge in [-0.05, 0) is 62.7 Å². The minimum absolute atomic E-state index is 0.120. The lowest BCUT2D eigenvalue weighted by molar-refractivity contribution is -0.152. The quantitative estimate of drug-likeness (QED) is 0.624. The van der Waals surface area contributed by atoms with Crippen LogP contribution in [0.4, 0.5) is 0 Å². The van der Waals surface area contributed by atoms with Crippen LogP contribution >= 0.6 is 0 Å². The van der Waals surface area contributed by atoms with Crippen LogP contribution < -0.4 is 0 Å². The van der Waals surface area contributed by atoms with E-state index in [2.05, 4.69) is 6.92 Å². The molecule has 4 aliphatic rings. The Morgan fingerprint density at radius 1 is 1.14 bits per heavy atom. The maximum absolute atomic E-state index is 11.9. The molecule has 4 fully saturated rings. The fraction of sp³-hybridized carbons (Fsp3) is 0.923. The minimum atomic E-state index is 0.120. The Hall–Kier alpha value is -0.330. The number of rotatable bonds is 1. The molecule has 4 bridgehead atoms. The normalized spacial score (nSPS) is 55.0. The molecule has 0 aromatic rings. The maximum Gasteiger partial charge on any atom is 0.136 e. The Bertz CT molecular complexity index is 267. The van der Waals surface area contributed by atoms with Crippen molar-refractivity contribution in [2.24, 2.45) is 29.1 Å². The molecule has 78 valence electrons. The number of hydrogen-bond donors (Lipinski definition) is 0. The number of carbonyl (C=O) groups excluding carboxylic acids is 1. The molecule has 3 unspecified atom stereocenters. The molecular weight excluding hydrogens is 172 g/mol. The second-order valence-electron chi connectivity index (χ2n) is 6.11. The SMILES string of the molecule is CC(=O)C12CC3CC(CC(C3)C1C)C2. The molecule has 0 spiro atoms. The standard InChI is InChI=1S/C13H20O/c1-8-12-4-10-3-11(5-12)7-13(8,6-10)9(2)14/h8,10-12H,3-7H2,1-2H3. The highest BCUT2D eigenvalue weighted by Crippen LogP contribution is 2.62. The van der Waals surface area contributed by atoms with Crippen LogP contribution in [0, 0.1) is 29.1 Å². The van der Waals surface area contributed by atoms with Crippen molar-refractivity contribution in [3.8, 4) is 0 Å². The van der Waals surface area contributed by atoms with Crippen LogP contribution in [0.3, 0.4) is 0 Å². The largest absolute Gasteiger partial charge is 0.299 e. The third-order valence-electron chi connectivity index (χ3n) is 5.52. The van der Waals surface area contributed by atoms with Crippen molar-refractivity contribution >= 4 is 5.78 Å². The summed E-state index contributed by atoms with van der Waals surface area (Å²) in [5.74, 6) is 3.84. The molecule has 3 atom stereocenters. The van der Waals surface area contributed by atoms with Crippen molar-refractivity contribution in [3.63, 3.8) is 0 Å². The molecule has 4 rings (SSSR count). The molecule has 0 aromatic heterocycles. The maximum atomic E-state index is 11.9. The highest BCUT2D eigenvalue weighted by Gasteiger charge is 2.57. The first-order valence-corrected chi connectivity index (χ1v) is 6.13. The Labute approximate surface area is 86.3 Å². The van der Waals surface area contributed by atoms with Gasteiger partial charge in [0.15, 0.2) is 0 Å². The van der Waals surface area contributed by atoms with Gasteiger partial charge in [-0.2, -0.15) is 0 Å². The van der Waals surface area contributed by atoms with Crippen LogP contribution in [0.25, 0.3) is 0 Å². The minimum Gasteiger partial charge on any atom is -0.299 e. The van der Waals surface area contributed by atoms with Crippen LogP contribution in [0.15, 0.2) is 0 Å². The number of ketones is 1. The first kappa shape index (κ1) is 8.94. The van der Waals surface area contributed by atoms with Gasteiger partial charge in [-0.3, -0.25) is 4.79 Å². The molecule has 0 amide bonds. The Balaban J connectivity index is 2.01. The summed E-state index contributed by atoms with van der Waals surface area (Å²) < 4.78 is 0. The highest BCUT2D eigenvalue weighted by molar-refractivity contribution is 5.83. The molecule has 4 saturated carbocycles. The fourth-order valence-corrected chi connectivity index (χ4v) is 4.90. The van der Waals surface area contributed by atoms with Gasteiger partial charge < -0.3 is 0 Å². The van der Waals surface area contributed by atoms with Crippen LogP contribution in [0.2, 0.25) is 0 Å². The van der Waals surface area contributed by atoms with E-state index in [9.17, 15) is 4.79 Å². The Morgan fingerprint density at radius 3 is 2.21 bits per heavy atom. The summed E-state index contributed by atoms with van der Waals surface area (Å²) in [6, 6.07) is 0. The first-order valence-electron chi connectivity index (χ1n) is 6.13.